The molecule has 0 aliphatic heterocycles. The highest BCUT2D eigenvalue weighted by Gasteiger charge is 2.31. The highest BCUT2D eigenvalue weighted by Crippen LogP contribution is 2.14. The number of allylic oxidation sites excluding steroid dienone is 16. The minimum absolute atomic E-state index is 0.0439. The zero-order valence-corrected chi connectivity index (χ0v) is 42.2. The molecule has 2 unspecified atom stereocenters. The molecule has 0 aliphatic carbocycles. The van der Waals surface area contributed by atoms with Gasteiger partial charge in [-0.15, -0.1) is 0 Å². The van der Waals surface area contributed by atoms with E-state index in [2.05, 4.69) is 111 Å². The number of hydrogen-bond acceptors (Lipinski definition) is 6. The molecule has 0 aromatic heterocycles. The van der Waals surface area contributed by atoms with Crippen LogP contribution in [-0.2, 0) is 28.6 Å². The molecule has 0 fully saturated rings. The van der Waals surface area contributed by atoms with Crippen LogP contribution in [0.3, 0.4) is 0 Å². The SMILES string of the molecule is CC/C=C/C/C=C/C/C=C/C/C=C/CCCCCCCCCC(=O)OCC(COCCC(C(=O)O)[N+](C)(C)C)OC(=O)CCCCCCC/C=C/C/C=C/C/C=C/C/C=C/CCCCC. The van der Waals surface area contributed by atoms with Crippen LogP contribution in [0.25, 0.3) is 0 Å². The van der Waals surface area contributed by atoms with Gasteiger partial charge < -0.3 is 23.8 Å². The Bertz CT molecular complexity index is 1380. The average Bonchev–Trinajstić information content (AvgIpc) is 3.27. The van der Waals surface area contributed by atoms with Crippen LogP contribution in [0.2, 0.25) is 0 Å². The van der Waals surface area contributed by atoms with Crippen molar-refractivity contribution in [2.24, 2.45) is 0 Å². The van der Waals surface area contributed by atoms with Gasteiger partial charge in [0.15, 0.2) is 12.1 Å². The number of hydrogen-bond donors (Lipinski definition) is 1. The van der Waals surface area contributed by atoms with Crippen molar-refractivity contribution in [3.05, 3.63) is 97.2 Å². The molecule has 65 heavy (non-hydrogen) atoms. The van der Waals surface area contributed by atoms with Gasteiger partial charge in [0.05, 0.1) is 34.4 Å². The molecule has 0 aliphatic rings. The summed E-state index contributed by atoms with van der Waals surface area (Å²) >= 11 is 0. The first kappa shape index (κ1) is 61.2. The summed E-state index contributed by atoms with van der Waals surface area (Å²) in [5.41, 5.74) is 0. The van der Waals surface area contributed by atoms with Crippen LogP contribution in [0.15, 0.2) is 97.2 Å². The van der Waals surface area contributed by atoms with E-state index in [0.29, 0.717) is 19.3 Å². The number of ether oxygens (including phenoxy) is 3. The first-order chi connectivity index (χ1) is 31.6. The number of carbonyl (C=O) groups excluding carboxylic acids is 2. The quantitative estimate of drug-likeness (QED) is 0.0281. The standard InChI is InChI=1S/C57H95NO7/c1-6-8-10-12-14-16-18-20-22-24-26-28-30-32-34-36-38-40-42-44-46-48-56(60)65-53(51-63-50-49-54(57(61)62)58(3,4)5)52-64-55(59)47-45-43-41-39-37-35-33-31-29-27-25-23-21-19-17-15-13-11-9-7-2/h9,11,14-17,20-23,26-29,32,34,53-54H,6-8,10,12-13,18-19,24-25,30-31,33,35-52H2,1-5H3/p+1/b11-9+,16-14+,17-15+,22-20+,23-21+,28-26+,29-27+,34-32+. The Morgan fingerprint density at radius 2 is 0.862 bits per heavy atom. The molecular formula is C57H96NO7+. The Morgan fingerprint density at radius 3 is 1.28 bits per heavy atom. The summed E-state index contributed by atoms with van der Waals surface area (Å²) in [6.45, 7) is 4.56. The molecule has 0 aromatic carbocycles. The van der Waals surface area contributed by atoms with Crippen molar-refractivity contribution < 1.29 is 38.2 Å². The Hall–Kier alpha value is -3.75. The molecule has 8 nitrogen and oxygen atoms in total. The number of unbranched alkanes of at least 4 members (excludes halogenated alkanes) is 15. The number of nitrogens with zero attached hydrogens (tertiary/aromatic N) is 1. The third-order valence-electron chi connectivity index (χ3n) is 11.0. The van der Waals surface area contributed by atoms with Gasteiger partial charge >= 0.3 is 17.9 Å². The fraction of sp³-hybridized carbons (Fsp3) is 0.667. The molecule has 0 saturated heterocycles. The molecule has 0 radical (unpaired) electrons. The van der Waals surface area contributed by atoms with E-state index in [1.165, 1.54) is 51.4 Å². The fourth-order valence-electron chi connectivity index (χ4n) is 7.01. The maximum Gasteiger partial charge on any atom is 0.362 e. The zero-order valence-electron chi connectivity index (χ0n) is 42.2. The van der Waals surface area contributed by atoms with E-state index in [0.717, 1.165) is 109 Å². The van der Waals surface area contributed by atoms with E-state index >= 15 is 0 Å². The zero-order chi connectivity index (χ0) is 47.7. The lowest BCUT2D eigenvalue weighted by Crippen LogP contribution is -2.50. The van der Waals surface area contributed by atoms with Gasteiger partial charge in [0.25, 0.3) is 0 Å². The van der Waals surface area contributed by atoms with Crippen molar-refractivity contribution in [1.29, 1.82) is 0 Å². The number of quaternary nitrogens is 1. The van der Waals surface area contributed by atoms with E-state index < -0.39 is 18.1 Å². The molecule has 0 aromatic rings. The van der Waals surface area contributed by atoms with Crippen LogP contribution in [-0.4, -0.2) is 80.6 Å². The van der Waals surface area contributed by atoms with Gasteiger partial charge in [-0.1, -0.05) is 175 Å². The topological polar surface area (TPSA) is 99.1 Å². The first-order valence-corrected chi connectivity index (χ1v) is 25.8. The van der Waals surface area contributed by atoms with Crippen molar-refractivity contribution in [3.63, 3.8) is 0 Å². The Labute approximate surface area is 398 Å². The fourth-order valence-corrected chi connectivity index (χ4v) is 7.01. The van der Waals surface area contributed by atoms with Crippen LogP contribution in [0.5, 0.6) is 0 Å². The largest absolute Gasteiger partial charge is 0.477 e. The average molecular weight is 907 g/mol. The lowest BCUT2D eigenvalue weighted by molar-refractivity contribution is -0.887. The maximum absolute atomic E-state index is 12.8. The Morgan fingerprint density at radius 1 is 0.477 bits per heavy atom. The number of carbonyl (C=O) groups is 3. The van der Waals surface area contributed by atoms with Crippen LogP contribution in [0.4, 0.5) is 0 Å². The Balaban J connectivity index is 4.34. The third kappa shape index (κ3) is 45.2. The molecule has 8 heteroatoms. The second kappa shape index (κ2) is 46.8. The van der Waals surface area contributed by atoms with Gasteiger partial charge in [0.2, 0.25) is 0 Å². The summed E-state index contributed by atoms with van der Waals surface area (Å²) in [5.74, 6) is -1.51. The number of aliphatic carboxylic acids is 1. The number of carboxylic acids is 1. The van der Waals surface area contributed by atoms with E-state index in [4.69, 9.17) is 14.2 Å². The van der Waals surface area contributed by atoms with Gasteiger partial charge in [0, 0.05) is 19.3 Å². The molecule has 0 spiro atoms. The number of carboxylic acid groups (broad SMARTS) is 1. The summed E-state index contributed by atoms with van der Waals surface area (Å²) in [4.78, 5) is 37.2. The van der Waals surface area contributed by atoms with Crippen LogP contribution < -0.4 is 0 Å². The molecule has 2 atom stereocenters. The molecule has 0 rings (SSSR count). The minimum Gasteiger partial charge on any atom is -0.477 e. The Kier molecular flexibility index (Phi) is 44.1. The van der Waals surface area contributed by atoms with Crippen LogP contribution in [0.1, 0.15) is 194 Å². The summed E-state index contributed by atoms with van der Waals surface area (Å²) < 4.78 is 17.3. The number of esters is 2. The molecule has 370 valence electrons. The summed E-state index contributed by atoms with van der Waals surface area (Å²) in [6, 6.07) is -0.627. The van der Waals surface area contributed by atoms with Crippen molar-refractivity contribution in [2.45, 2.75) is 206 Å². The summed E-state index contributed by atoms with van der Waals surface area (Å²) in [7, 11) is 5.52. The van der Waals surface area contributed by atoms with Crippen molar-refractivity contribution in [2.75, 3.05) is 41.0 Å². The third-order valence-corrected chi connectivity index (χ3v) is 11.0. The molecule has 0 heterocycles. The van der Waals surface area contributed by atoms with E-state index in [1.54, 1.807) is 0 Å². The van der Waals surface area contributed by atoms with Gasteiger partial charge in [-0.3, -0.25) is 9.59 Å². The van der Waals surface area contributed by atoms with Crippen molar-refractivity contribution in [1.82, 2.24) is 0 Å². The molecule has 1 N–H and O–H groups in total. The van der Waals surface area contributed by atoms with E-state index in [1.807, 2.05) is 21.1 Å². The normalized spacial score (nSPS) is 13.7. The van der Waals surface area contributed by atoms with Crippen LogP contribution in [0, 0.1) is 0 Å². The lowest BCUT2D eigenvalue weighted by atomic mass is 10.1. The van der Waals surface area contributed by atoms with Crippen LogP contribution >= 0.6 is 0 Å². The predicted molar refractivity (Wildman–Crippen MR) is 275 cm³/mol. The predicted octanol–water partition coefficient (Wildman–Crippen LogP) is 15.0. The highest BCUT2D eigenvalue weighted by molar-refractivity contribution is 5.72. The van der Waals surface area contributed by atoms with Crippen molar-refractivity contribution >= 4 is 17.9 Å². The van der Waals surface area contributed by atoms with Crippen molar-refractivity contribution in [3.8, 4) is 0 Å². The molecule has 0 bridgehead atoms. The molecular weight excluding hydrogens is 811 g/mol. The second-order valence-electron chi connectivity index (χ2n) is 18.0. The van der Waals surface area contributed by atoms with E-state index in [9.17, 15) is 19.5 Å². The smallest absolute Gasteiger partial charge is 0.362 e. The van der Waals surface area contributed by atoms with E-state index in [-0.39, 0.29) is 36.2 Å². The second-order valence-corrected chi connectivity index (χ2v) is 18.0. The monoisotopic (exact) mass is 907 g/mol. The number of rotatable bonds is 45. The van der Waals surface area contributed by atoms with Gasteiger partial charge in [0.1, 0.15) is 6.61 Å². The molecule has 0 amide bonds. The number of likely N-dealkylation sites (N-methyl/N-ethyl adjacent to an activating group) is 1. The highest BCUT2D eigenvalue weighted by atomic mass is 16.6. The molecule has 0 saturated carbocycles. The maximum atomic E-state index is 12.8. The first-order valence-electron chi connectivity index (χ1n) is 25.8. The summed E-state index contributed by atoms with van der Waals surface area (Å²) in [6.07, 6.45) is 63.1. The van der Waals surface area contributed by atoms with Gasteiger partial charge in [-0.2, -0.15) is 0 Å². The minimum atomic E-state index is -0.883. The van der Waals surface area contributed by atoms with Gasteiger partial charge in [-0.25, -0.2) is 4.79 Å². The summed E-state index contributed by atoms with van der Waals surface area (Å²) in [5, 5.41) is 9.66. The van der Waals surface area contributed by atoms with Gasteiger partial charge in [-0.05, 0) is 96.3 Å². The lowest BCUT2D eigenvalue weighted by Gasteiger charge is -2.31.